The van der Waals surface area contributed by atoms with E-state index in [0.717, 1.165) is 6.42 Å². The summed E-state index contributed by atoms with van der Waals surface area (Å²) in [6.07, 6.45) is 1.12. The minimum Gasteiger partial charge on any atom is -0.0613 e. The highest BCUT2D eigenvalue weighted by Gasteiger charge is 2.21. The first-order valence-electron chi connectivity index (χ1n) is 4.85. The number of hydrogen-bond acceptors (Lipinski definition) is 0. The zero-order valence-electron chi connectivity index (χ0n) is 9.12. The molecule has 0 bridgehead atoms. The number of hydrogen-bond donors (Lipinski definition) is 0. The second kappa shape index (κ2) is 4.68. The van der Waals surface area contributed by atoms with E-state index in [1.54, 1.807) is 0 Å². The van der Waals surface area contributed by atoms with Crippen LogP contribution in [0.4, 0.5) is 0 Å². The van der Waals surface area contributed by atoms with E-state index in [2.05, 4.69) is 85.0 Å². The molecule has 0 radical (unpaired) electrons. The Balaban J connectivity index is 3.40. The summed E-state index contributed by atoms with van der Waals surface area (Å²) in [5, 5.41) is 0. The molecule has 14 heavy (non-hydrogen) atoms. The second-order valence-electron chi connectivity index (χ2n) is 4.50. The van der Waals surface area contributed by atoms with Crippen LogP contribution in [-0.2, 0) is 11.8 Å². The maximum Gasteiger partial charge on any atom is 0.0210 e. The molecule has 0 aliphatic rings. The van der Waals surface area contributed by atoms with Gasteiger partial charge in [0, 0.05) is 7.14 Å². The molecule has 0 spiro atoms. The Kier molecular flexibility index (Phi) is 4.26. The van der Waals surface area contributed by atoms with Crippen molar-refractivity contribution in [1.29, 1.82) is 0 Å². The third-order valence-electron chi connectivity index (χ3n) is 2.30. The largest absolute Gasteiger partial charge is 0.0613 e. The molecule has 78 valence electrons. The molecule has 0 aliphatic heterocycles. The molecule has 0 fully saturated rings. The van der Waals surface area contributed by atoms with Crippen LogP contribution < -0.4 is 0 Å². The van der Waals surface area contributed by atoms with Gasteiger partial charge in [-0.2, -0.15) is 0 Å². The molecule has 0 N–H and O–H groups in total. The molecule has 1 rings (SSSR count). The van der Waals surface area contributed by atoms with E-state index in [9.17, 15) is 0 Å². The van der Waals surface area contributed by atoms with Gasteiger partial charge in [-0.3, -0.25) is 0 Å². The van der Waals surface area contributed by atoms with Gasteiger partial charge in [0.05, 0.1) is 0 Å². The van der Waals surface area contributed by atoms with Gasteiger partial charge in [0.2, 0.25) is 0 Å². The van der Waals surface area contributed by atoms with Crippen LogP contribution in [-0.4, -0.2) is 0 Å². The topological polar surface area (TPSA) is 0 Å². The molecule has 0 heterocycles. The summed E-state index contributed by atoms with van der Waals surface area (Å²) in [7, 11) is 0. The van der Waals surface area contributed by atoms with Gasteiger partial charge in [-0.25, -0.2) is 0 Å². The molecule has 0 saturated carbocycles. The van der Waals surface area contributed by atoms with E-state index in [1.165, 1.54) is 18.3 Å². The molecule has 0 amide bonds. The first kappa shape index (κ1) is 12.7. The number of benzene rings is 1. The summed E-state index contributed by atoms with van der Waals surface area (Å²) in [5.74, 6) is 0. The van der Waals surface area contributed by atoms with Gasteiger partial charge >= 0.3 is 0 Å². The van der Waals surface area contributed by atoms with E-state index >= 15 is 0 Å². The van der Waals surface area contributed by atoms with Crippen molar-refractivity contribution in [2.24, 2.45) is 0 Å². The lowest BCUT2D eigenvalue weighted by Gasteiger charge is -2.24. The average Bonchev–Trinajstić information content (AvgIpc) is 2.02. The van der Waals surface area contributed by atoms with E-state index < -0.39 is 0 Å². The predicted octanol–water partition coefficient (Wildman–Crippen LogP) is 4.76. The van der Waals surface area contributed by atoms with Gasteiger partial charge in [0.1, 0.15) is 0 Å². The van der Waals surface area contributed by atoms with Crippen LogP contribution in [0.1, 0.15) is 38.8 Å². The minimum atomic E-state index is 0.248. The maximum atomic E-state index is 2.49. The van der Waals surface area contributed by atoms with E-state index in [1.807, 2.05) is 0 Å². The van der Waals surface area contributed by atoms with Crippen molar-refractivity contribution in [2.45, 2.75) is 39.5 Å². The van der Waals surface area contributed by atoms with E-state index in [4.69, 9.17) is 0 Å². The van der Waals surface area contributed by atoms with Crippen LogP contribution >= 0.6 is 45.2 Å². The minimum absolute atomic E-state index is 0.248. The molecule has 0 unspecified atom stereocenters. The van der Waals surface area contributed by atoms with Crippen LogP contribution in [0.2, 0.25) is 0 Å². The first-order chi connectivity index (χ1) is 6.38. The quantitative estimate of drug-likeness (QED) is 0.582. The number of aryl methyl sites for hydroxylation is 1. The lowest BCUT2D eigenvalue weighted by atomic mass is 9.86. The van der Waals surface area contributed by atoms with Crippen LogP contribution in [0.3, 0.4) is 0 Å². The predicted molar refractivity (Wildman–Crippen MR) is 80.0 cm³/mol. The van der Waals surface area contributed by atoms with Crippen molar-refractivity contribution in [3.05, 3.63) is 30.4 Å². The van der Waals surface area contributed by atoms with Crippen LogP contribution in [0.25, 0.3) is 0 Å². The van der Waals surface area contributed by atoms with Gasteiger partial charge in [-0.1, -0.05) is 33.8 Å². The van der Waals surface area contributed by atoms with Gasteiger partial charge < -0.3 is 0 Å². The fourth-order valence-corrected chi connectivity index (χ4v) is 4.99. The molecule has 2 heteroatoms. The first-order valence-corrected chi connectivity index (χ1v) is 7.01. The Hall–Kier alpha value is 0.680. The fraction of sp³-hybridized carbons (Fsp3) is 0.500. The summed E-state index contributed by atoms with van der Waals surface area (Å²) in [6.45, 7) is 9.07. The van der Waals surface area contributed by atoms with Crippen molar-refractivity contribution in [3.63, 3.8) is 0 Å². The van der Waals surface area contributed by atoms with Gasteiger partial charge in [-0.15, -0.1) is 0 Å². The number of rotatable bonds is 1. The lowest BCUT2D eigenvalue weighted by molar-refractivity contribution is 0.582. The van der Waals surface area contributed by atoms with Crippen LogP contribution in [0.15, 0.2) is 12.1 Å². The highest BCUT2D eigenvalue weighted by Crippen LogP contribution is 2.33. The van der Waals surface area contributed by atoms with Crippen molar-refractivity contribution in [1.82, 2.24) is 0 Å². The Labute approximate surface area is 114 Å². The van der Waals surface area contributed by atoms with Gasteiger partial charge in [0.15, 0.2) is 0 Å². The van der Waals surface area contributed by atoms with Crippen LogP contribution in [0.5, 0.6) is 0 Å². The average molecular weight is 414 g/mol. The Morgan fingerprint density at radius 2 is 1.71 bits per heavy atom. The third-order valence-corrected chi connectivity index (χ3v) is 4.43. The van der Waals surface area contributed by atoms with Gasteiger partial charge in [-0.05, 0) is 74.2 Å². The number of halogens is 2. The Morgan fingerprint density at radius 3 is 2.14 bits per heavy atom. The fourth-order valence-electron chi connectivity index (χ4n) is 1.56. The van der Waals surface area contributed by atoms with Crippen molar-refractivity contribution >= 4 is 45.2 Å². The summed E-state index contributed by atoms with van der Waals surface area (Å²) in [6, 6.07) is 4.49. The Morgan fingerprint density at radius 1 is 1.14 bits per heavy atom. The smallest absolute Gasteiger partial charge is 0.0210 e. The van der Waals surface area contributed by atoms with E-state index in [0.29, 0.717) is 0 Å². The summed E-state index contributed by atoms with van der Waals surface area (Å²) < 4.78 is 2.83. The molecular formula is C12H16I2. The molecule has 0 saturated heterocycles. The molecule has 0 atom stereocenters. The molecule has 1 aromatic carbocycles. The lowest BCUT2D eigenvalue weighted by Crippen LogP contribution is -2.16. The van der Waals surface area contributed by atoms with Crippen molar-refractivity contribution in [2.75, 3.05) is 0 Å². The highest BCUT2D eigenvalue weighted by atomic mass is 127. The van der Waals surface area contributed by atoms with Crippen LogP contribution in [0, 0.1) is 7.14 Å². The SMILES string of the molecule is CCc1ccc(I)c(C(C)(C)C)c1I. The molecule has 0 nitrogen and oxygen atoms in total. The maximum absolute atomic E-state index is 2.49. The zero-order valence-corrected chi connectivity index (χ0v) is 13.4. The standard InChI is InChI=1S/C12H16I2/c1-5-8-6-7-9(13)10(11(8)14)12(2,3)4/h6-7H,5H2,1-4H3. The zero-order chi connectivity index (χ0) is 10.9. The monoisotopic (exact) mass is 414 g/mol. The summed E-state index contributed by atoms with van der Waals surface area (Å²) in [4.78, 5) is 0. The molecule has 0 aliphatic carbocycles. The van der Waals surface area contributed by atoms with Gasteiger partial charge in [0.25, 0.3) is 0 Å². The summed E-state index contributed by atoms with van der Waals surface area (Å²) >= 11 is 4.93. The Bertz CT molecular complexity index is 335. The van der Waals surface area contributed by atoms with Crippen molar-refractivity contribution in [3.8, 4) is 0 Å². The van der Waals surface area contributed by atoms with E-state index in [-0.39, 0.29) is 5.41 Å². The molecule has 0 aromatic heterocycles. The summed E-state index contributed by atoms with van der Waals surface area (Å²) in [5.41, 5.74) is 3.21. The molecule has 1 aromatic rings. The highest BCUT2D eigenvalue weighted by molar-refractivity contribution is 14.1. The second-order valence-corrected chi connectivity index (χ2v) is 6.74. The van der Waals surface area contributed by atoms with Crippen molar-refractivity contribution < 1.29 is 0 Å². The third kappa shape index (κ3) is 2.62. The molecular weight excluding hydrogens is 398 g/mol. The normalized spacial score (nSPS) is 11.9.